The number of rotatable bonds is 6. The van der Waals surface area contributed by atoms with Gasteiger partial charge in [-0.2, -0.15) is 0 Å². The van der Waals surface area contributed by atoms with Gasteiger partial charge in [-0.05, 0) is 36.3 Å². The van der Waals surface area contributed by atoms with Crippen LogP contribution >= 0.6 is 22.7 Å². The van der Waals surface area contributed by atoms with Crippen molar-refractivity contribution in [3.05, 3.63) is 104 Å². The summed E-state index contributed by atoms with van der Waals surface area (Å²) in [6.07, 6.45) is 1.15. The first-order valence-corrected chi connectivity index (χ1v) is 17.4. The van der Waals surface area contributed by atoms with Gasteiger partial charge in [0.2, 0.25) is 11.8 Å². The number of thiazole rings is 2. The first kappa shape index (κ1) is 33.9. The van der Waals surface area contributed by atoms with E-state index in [0.717, 1.165) is 11.1 Å². The molecular weight excluding hydrogens is 635 g/mol. The zero-order valence-electron chi connectivity index (χ0n) is 26.3. The lowest BCUT2D eigenvalue weighted by molar-refractivity contribution is -0.137. The van der Waals surface area contributed by atoms with Crippen molar-refractivity contribution in [2.24, 2.45) is 11.7 Å². The lowest BCUT2D eigenvalue weighted by Crippen LogP contribution is -2.49. The van der Waals surface area contributed by atoms with Gasteiger partial charge in [0.05, 0.1) is 24.7 Å². The van der Waals surface area contributed by atoms with E-state index in [1.165, 1.54) is 27.6 Å². The second kappa shape index (κ2) is 15.9. The summed E-state index contributed by atoms with van der Waals surface area (Å²) >= 11 is 2.59. The molecule has 2 aromatic carbocycles. The molecule has 5 N–H and O–H groups in total. The highest BCUT2D eigenvalue weighted by Gasteiger charge is 2.28. The fraction of sp³-hybridized carbons (Fsp3) is 0.353. The van der Waals surface area contributed by atoms with Crippen LogP contribution in [-0.2, 0) is 22.4 Å². The number of aromatic nitrogens is 2. The Hall–Kier alpha value is -4.46. The monoisotopic (exact) mass is 673 g/mol. The second-order valence-electron chi connectivity index (χ2n) is 11.8. The van der Waals surface area contributed by atoms with Crippen molar-refractivity contribution in [1.29, 1.82) is 0 Å². The van der Waals surface area contributed by atoms with Gasteiger partial charge in [-0.3, -0.25) is 19.2 Å². The average Bonchev–Trinajstić information content (AvgIpc) is 3.76. The van der Waals surface area contributed by atoms with E-state index in [4.69, 9.17) is 5.73 Å². The normalized spacial score (nSPS) is 18.7. The molecule has 0 aliphatic carbocycles. The van der Waals surface area contributed by atoms with E-state index >= 15 is 0 Å². The number of nitrogens with two attached hydrogens (primary N) is 1. The van der Waals surface area contributed by atoms with Crippen LogP contribution in [0.5, 0.6) is 0 Å². The smallest absolute Gasteiger partial charge is 0.271 e. The number of carbonyl (C=O) groups is 4. The van der Waals surface area contributed by atoms with Crippen LogP contribution in [0, 0.1) is 5.92 Å². The van der Waals surface area contributed by atoms with Gasteiger partial charge in [-0.15, -0.1) is 22.7 Å². The van der Waals surface area contributed by atoms with Crippen molar-refractivity contribution >= 4 is 46.3 Å². The number of nitrogens with zero attached hydrogens (tertiary/aromatic N) is 3. The Balaban J connectivity index is 1.43. The summed E-state index contributed by atoms with van der Waals surface area (Å²) in [5.74, 6) is -1.49. The molecule has 4 aromatic rings. The average molecular weight is 674 g/mol. The van der Waals surface area contributed by atoms with Crippen molar-refractivity contribution in [2.45, 2.75) is 51.2 Å². The largest absolute Gasteiger partial charge is 0.351 e. The van der Waals surface area contributed by atoms with Crippen LogP contribution in [0.25, 0.3) is 0 Å². The predicted octanol–water partition coefficient (Wildman–Crippen LogP) is 3.66. The first-order chi connectivity index (χ1) is 22.7. The molecule has 246 valence electrons. The zero-order chi connectivity index (χ0) is 33.3. The number of carbonyl (C=O) groups excluding carboxylic acids is 4. The van der Waals surface area contributed by atoms with Gasteiger partial charge in [-0.1, -0.05) is 74.5 Å². The molecule has 0 spiro atoms. The third-order valence-corrected chi connectivity index (χ3v) is 9.68. The standard InChI is InChI=1S/C34H39N7O4S2/c1-21(2)29-33-39-26(19-47-33)30(43)36-14-9-15-41(34(45)24(35)16-22-10-5-3-6-11-22)18-28(42)37-25(17-23-12-7-4-8-13-23)32-38-27(20-46-32)31(44)40-29/h3-8,10-13,19-21,24-25,29H,9,14-18,35H2,1-2H3,(H,36,43)(H,37,42)(H,40,44)/t24-,25-,29-/m0/s1. The van der Waals surface area contributed by atoms with Gasteiger partial charge in [0, 0.05) is 23.8 Å². The van der Waals surface area contributed by atoms with Crippen molar-refractivity contribution in [2.75, 3.05) is 19.6 Å². The Bertz CT molecular complexity index is 1680. The second-order valence-corrected chi connectivity index (χ2v) is 13.6. The molecule has 0 saturated carbocycles. The molecule has 13 heteroatoms. The Morgan fingerprint density at radius 2 is 1.51 bits per heavy atom. The predicted molar refractivity (Wildman–Crippen MR) is 182 cm³/mol. The van der Waals surface area contributed by atoms with Gasteiger partial charge in [0.1, 0.15) is 21.4 Å². The Morgan fingerprint density at radius 3 is 2.19 bits per heavy atom. The molecule has 11 nitrogen and oxygen atoms in total. The minimum absolute atomic E-state index is 0.00451. The summed E-state index contributed by atoms with van der Waals surface area (Å²) in [5.41, 5.74) is 8.74. The molecular formula is C34H39N7O4S2. The van der Waals surface area contributed by atoms with E-state index < -0.39 is 18.1 Å². The van der Waals surface area contributed by atoms with Crippen LogP contribution in [0.4, 0.5) is 0 Å². The van der Waals surface area contributed by atoms with Crippen LogP contribution in [0.1, 0.15) is 74.5 Å². The van der Waals surface area contributed by atoms with E-state index in [2.05, 4.69) is 25.9 Å². The summed E-state index contributed by atoms with van der Waals surface area (Å²) in [5, 5.41) is 13.5. The van der Waals surface area contributed by atoms with Gasteiger partial charge >= 0.3 is 0 Å². The van der Waals surface area contributed by atoms with Crippen LogP contribution < -0.4 is 21.7 Å². The van der Waals surface area contributed by atoms with Crippen LogP contribution in [-0.4, -0.2) is 64.2 Å². The third-order valence-electron chi connectivity index (χ3n) is 7.80. The molecule has 0 fully saturated rings. The Morgan fingerprint density at radius 1 is 0.894 bits per heavy atom. The van der Waals surface area contributed by atoms with Crippen molar-refractivity contribution in [3.8, 4) is 0 Å². The van der Waals surface area contributed by atoms with Gasteiger partial charge in [-0.25, -0.2) is 9.97 Å². The van der Waals surface area contributed by atoms with Crippen LogP contribution in [0.15, 0.2) is 71.4 Å². The minimum atomic E-state index is -0.858. The van der Waals surface area contributed by atoms with Crippen molar-refractivity contribution < 1.29 is 19.2 Å². The zero-order valence-corrected chi connectivity index (χ0v) is 28.0. The lowest BCUT2D eigenvalue weighted by atomic mass is 10.0. The number of amides is 4. The topological polar surface area (TPSA) is 159 Å². The van der Waals surface area contributed by atoms with Crippen LogP contribution in [0.3, 0.4) is 0 Å². The van der Waals surface area contributed by atoms with E-state index in [1.54, 1.807) is 10.8 Å². The van der Waals surface area contributed by atoms with Crippen molar-refractivity contribution in [3.63, 3.8) is 0 Å². The number of fused-ring (bicyclic) bond motifs is 4. The molecule has 0 saturated heterocycles. The number of benzene rings is 2. The fourth-order valence-corrected chi connectivity index (χ4v) is 7.17. The molecule has 4 bridgehead atoms. The summed E-state index contributed by atoms with van der Waals surface area (Å²) in [4.78, 5) is 64.2. The third kappa shape index (κ3) is 9.09. The maximum absolute atomic E-state index is 13.6. The summed E-state index contributed by atoms with van der Waals surface area (Å²) in [6.45, 7) is 4.17. The maximum Gasteiger partial charge on any atom is 0.271 e. The summed E-state index contributed by atoms with van der Waals surface area (Å²) in [6, 6.07) is 17.3. The summed E-state index contributed by atoms with van der Waals surface area (Å²) < 4.78 is 0. The van der Waals surface area contributed by atoms with Gasteiger partial charge in [0.15, 0.2) is 0 Å². The molecule has 3 atom stereocenters. The van der Waals surface area contributed by atoms with E-state index in [9.17, 15) is 19.2 Å². The van der Waals surface area contributed by atoms with Gasteiger partial charge in [0.25, 0.3) is 11.8 Å². The molecule has 3 heterocycles. The van der Waals surface area contributed by atoms with Crippen LogP contribution in [0.2, 0.25) is 0 Å². The Kier molecular flexibility index (Phi) is 11.5. The minimum Gasteiger partial charge on any atom is -0.351 e. The molecule has 4 amide bonds. The number of nitrogens with one attached hydrogen (secondary N) is 3. The summed E-state index contributed by atoms with van der Waals surface area (Å²) in [7, 11) is 0. The molecule has 47 heavy (non-hydrogen) atoms. The molecule has 1 aliphatic rings. The fourth-order valence-electron chi connectivity index (χ4n) is 5.30. The van der Waals surface area contributed by atoms with E-state index in [0.29, 0.717) is 29.3 Å². The molecule has 2 aromatic heterocycles. The SMILES string of the molecule is CC(C)[C@@H]1NC(=O)c2csc(n2)[C@H](Cc2ccccc2)NC(=O)CN(C(=O)[C@@H](N)Cc2ccccc2)CCCNC(=O)c2csc1n2. The highest BCUT2D eigenvalue weighted by atomic mass is 32.1. The van der Waals surface area contributed by atoms with E-state index in [1.807, 2.05) is 74.5 Å². The number of hydrogen-bond acceptors (Lipinski definition) is 9. The molecule has 5 rings (SSSR count). The molecule has 0 unspecified atom stereocenters. The highest BCUT2D eigenvalue weighted by Crippen LogP contribution is 2.27. The quantitative estimate of drug-likeness (QED) is 0.243. The van der Waals surface area contributed by atoms with E-state index in [-0.39, 0.29) is 60.6 Å². The van der Waals surface area contributed by atoms with Crippen molar-refractivity contribution in [1.82, 2.24) is 30.8 Å². The maximum atomic E-state index is 13.6. The Labute approximate surface area is 282 Å². The molecule has 1 aliphatic heterocycles. The number of hydrogen-bond donors (Lipinski definition) is 4. The van der Waals surface area contributed by atoms with Gasteiger partial charge < -0.3 is 26.6 Å². The molecule has 0 radical (unpaired) electrons. The lowest BCUT2D eigenvalue weighted by Gasteiger charge is -2.26. The first-order valence-electron chi connectivity index (χ1n) is 15.6. The highest BCUT2D eigenvalue weighted by molar-refractivity contribution is 7.10.